The van der Waals surface area contributed by atoms with E-state index in [0.717, 1.165) is 5.69 Å². The number of carbonyl (C=O) groups excluding carboxylic acids is 2. The van der Waals surface area contributed by atoms with Crippen molar-refractivity contribution in [1.29, 1.82) is 0 Å². The van der Waals surface area contributed by atoms with Gasteiger partial charge in [-0.3, -0.25) is 9.59 Å². The number of piperazine rings is 1. The van der Waals surface area contributed by atoms with Crippen LogP contribution < -0.4 is 15.5 Å². The van der Waals surface area contributed by atoms with Crippen LogP contribution in [0.2, 0.25) is 0 Å². The van der Waals surface area contributed by atoms with Crippen molar-refractivity contribution in [3.05, 3.63) is 54.1 Å². The summed E-state index contributed by atoms with van der Waals surface area (Å²) >= 11 is 0. The van der Waals surface area contributed by atoms with E-state index < -0.39 is 5.82 Å². The Morgan fingerprint density at radius 1 is 1.00 bits per heavy atom. The molecule has 2 amide bonds. The van der Waals surface area contributed by atoms with Crippen LogP contribution >= 0.6 is 0 Å². The van der Waals surface area contributed by atoms with Gasteiger partial charge in [0.2, 0.25) is 11.8 Å². The lowest BCUT2D eigenvalue weighted by Gasteiger charge is -2.36. The summed E-state index contributed by atoms with van der Waals surface area (Å²) in [6.45, 7) is 3.84. The SMILES string of the molecule is CC(=O)Nc1cc(NCC(=O)N2CCN(c3ccc(F)cc3)CC2)ccc1F. The molecule has 28 heavy (non-hydrogen) atoms. The molecule has 0 aliphatic carbocycles. The van der Waals surface area contributed by atoms with Gasteiger partial charge in [-0.25, -0.2) is 8.78 Å². The average molecular weight is 388 g/mol. The molecule has 1 aliphatic rings. The number of rotatable bonds is 5. The Balaban J connectivity index is 1.51. The number of hydrogen-bond donors (Lipinski definition) is 2. The average Bonchev–Trinajstić information content (AvgIpc) is 2.69. The molecule has 1 saturated heterocycles. The second-order valence-corrected chi connectivity index (χ2v) is 6.57. The van der Waals surface area contributed by atoms with E-state index in [1.807, 2.05) is 0 Å². The summed E-state index contributed by atoms with van der Waals surface area (Å²) in [5, 5.41) is 5.38. The molecule has 148 valence electrons. The fourth-order valence-electron chi connectivity index (χ4n) is 3.08. The molecule has 0 saturated carbocycles. The lowest BCUT2D eigenvalue weighted by Crippen LogP contribution is -2.50. The van der Waals surface area contributed by atoms with Gasteiger partial charge < -0.3 is 20.4 Å². The Kier molecular flexibility index (Phi) is 6.08. The van der Waals surface area contributed by atoms with E-state index in [1.54, 1.807) is 17.0 Å². The van der Waals surface area contributed by atoms with Gasteiger partial charge in [0.05, 0.1) is 12.2 Å². The summed E-state index contributed by atoms with van der Waals surface area (Å²) in [7, 11) is 0. The minimum absolute atomic E-state index is 0.0656. The van der Waals surface area contributed by atoms with E-state index in [1.165, 1.54) is 37.3 Å². The van der Waals surface area contributed by atoms with E-state index in [9.17, 15) is 18.4 Å². The first-order valence-corrected chi connectivity index (χ1v) is 9.01. The van der Waals surface area contributed by atoms with Gasteiger partial charge >= 0.3 is 0 Å². The zero-order chi connectivity index (χ0) is 20.1. The van der Waals surface area contributed by atoms with Gasteiger partial charge in [-0.05, 0) is 42.5 Å². The number of nitrogens with zero attached hydrogens (tertiary/aromatic N) is 2. The lowest BCUT2D eigenvalue weighted by molar-refractivity contribution is -0.129. The normalized spacial score (nSPS) is 14.0. The Morgan fingerprint density at radius 3 is 2.32 bits per heavy atom. The zero-order valence-electron chi connectivity index (χ0n) is 15.5. The maximum atomic E-state index is 13.7. The fourth-order valence-corrected chi connectivity index (χ4v) is 3.08. The first-order valence-electron chi connectivity index (χ1n) is 9.01. The number of carbonyl (C=O) groups is 2. The largest absolute Gasteiger partial charge is 0.376 e. The van der Waals surface area contributed by atoms with Crippen molar-refractivity contribution in [2.45, 2.75) is 6.92 Å². The predicted molar refractivity (Wildman–Crippen MR) is 104 cm³/mol. The van der Waals surface area contributed by atoms with Crippen LogP contribution in [-0.4, -0.2) is 49.4 Å². The molecular formula is C20H22F2N4O2. The number of anilines is 3. The van der Waals surface area contributed by atoms with Crippen molar-refractivity contribution in [1.82, 2.24) is 4.90 Å². The van der Waals surface area contributed by atoms with Crippen LogP contribution in [0.15, 0.2) is 42.5 Å². The molecule has 3 rings (SSSR count). The number of nitrogens with one attached hydrogen (secondary N) is 2. The third-order valence-corrected chi connectivity index (χ3v) is 4.54. The zero-order valence-corrected chi connectivity index (χ0v) is 15.5. The van der Waals surface area contributed by atoms with Crippen LogP contribution in [-0.2, 0) is 9.59 Å². The highest BCUT2D eigenvalue weighted by Crippen LogP contribution is 2.20. The molecule has 0 spiro atoms. The Bertz CT molecular complexity index is 850. The van der Waals surface area contributed by atoms with Gasteiger partial charge in [-0.1, -0.05) is 0 Å². The maximum absolute atomic E-state index is 13.7. The van der Waals surface area contributed by atoms with E-state index in [0.29, 0.717) is 31.9 Å². The highest BCUT2D eigenvalue weighted by Gasteiger charge is 2.21. The number of benzene rings is 2. The molecular weight excluding hydrogens is 366 g/mol. The molecule has 2 aromatic rings. The van der Waals surface area contributed by atoms with Crippen molar-refractivity contribution in [2.75, 3.05) is 48.3 Å². The third kappa shape index (κ3) is 4.97. The first kappa shape index (κ1) is 19.6. The van der Waals surface area contributed by atoms with Crippen molar-refractivity contribution < 1.29 is 18.4 Å². The minimum atomic E-state index is -0.538. The third-order valence-electron chi connectivity index (χ3n) is 4.54. The Labute approximate surface area is 162 Å². The molecule has 0 bridgehead atoms. The fraction of sp³-hybridized carbons (Fsp3) is 0.300. The molecule has 0 aromatic heterocycles. The molecule has 1 heterocycles. The molecule has 0 unspecified atom stereocenters. The summed E-state index contributed by atoms with van der Waals surface area (Å²) in [5.41, 5.74) is 1.55. The summed E-state index contributed by atoms with van der Waals surface area (Å²) in [5.74, 6) is -1.25. The van der Waals surface area contributed by atoms with Crippen LogP contribution in [0, 0.1) is 11.6 Å². The van der Waals surface area contributed by atoms with E-state index in [4.69, 9.17) is 0 Å². The number of halogens is 2. The Hall–Kier alpha value is -3.16. The van der Waals surface area contributed by atoms with Crippen molar-refractivity contribution in [2.24, 2.45) is 0 Å². The minimum Gasteiger partial charge on any atom is -0.376 e. The second-order valence-electron chi connectivity index (χ2n) is 6.57. The van der Waals surface area contributed by atoms with Gasteiger partial charge in [0.1, 0.15) is 11.6 Å². The highest BCUT2D eigenvalue weighted by atomic mass is 19.1. The predicted octanol–water partition coefficient (Wildman–Crippen LogP) is 2.68. The van der Waals surface area contributed by atoms with Crippen LogP contribution in [0.25, 0.3) is 0 Å². The van der Waals surface area contributed by atoms with E-state index >= 15 is 0 Å². The number of hydrogen-bond acceptors (Lipinski definition) is 4. The molecule has 8 heteroatoms. The van der Waals surface area contributed by atoms with E-state index in [2.05, 4.69) is 15.5 Å². The van der Waals surface area contributed by atoms with Gasteiger partial charge in [0, 0.05) is 44.5 Å². The standard InChI is InChI=1S/C20H22F2N4O2/c1-14(27)24-19-12-16(4-7-18(19)22)23-13-20(28)26-10-8-25(9-11-26)17-5-2-15(21)3-6-17/h2-7,12,23H,8-11,13H2,1H3,(H,24,27). The van der Waals surface area contributed by atoms with Gasteiger partial charge in [0.15, 0.2) is 0 Å². The topological polar surface area (TPSA) is 64.7 Å². The first-order chi connectivity index (χ1) is 13.4. The molecule has 6 nitrogen and oxygen atoms in total. The van der Waals surface area contributed by atoms with Gasteiger partial charge in [-0.15, -0.1) is 0 Å². The quantitative estimate of drug-likeness (QED) is 0.827. The van der Waals surface area contributed by atoms with Crippen LogP contribution in [0.1, 0.15) is 6.92 Å². The molecule has 1 fully saturated rings. The maximum Gasteiger partial charge on any atom is 0.241 e. The van der Waals surface area contributed by atoms with Crippen LogP contribution in [0.4, 0.5) is 25.8 Å². The Morgan fingerprint density at radius 2 is 1.68 bits per heavy atom. The second kappa shape index (κ2) is 8.69. The molecule has 0 radical (unpaired) electrons. The molecule has 1 aliphatic heterocycles. The summed E-state index contributed by atoms with van der Waals surface area (Å²) in [6, 6.07) is 10.5. The molecule has 0 atom stereocenters. The monoisotopic (exact) mass is 388 g/mol. The number of amides is 2. The summed E-state index contributed by atoms with van der Waals surface area (Å²) < 4.78 is 26.7. The molecule has 2 N–H and O–H groups in total. The summed E-state index contributed by atoms with van der Waals surface area (Å²) in [6.07, 6.45) is 0. The van der Waals surface area contributed by atoms with Crippen LogP contribution in [0.5, 0.6) is 0 Å². The van der Waals surface area contributed by atoms with Gasteiger partial charge in [-0.2, -0.15) is 0 Å². The van der Waals surface area contributed by atoms with Crippen molar-refractivity contribution in [3.8, 4) is 0 Å². The lowest BCUT2D eigenvalue weighted by atomic mass is 10.2. The highest BCUT2D eigenvalue weighted by molar-refractivity contribution is 5.89. The smallest absolute Gasteiger partial charge is 0.241 e. The summed E-state index contributed by atoms with van der Waals surface area (Å²) in [4.78, 5) is 27.4. The molecule has 2 aromatic carbocycles. The van der Waals surface area contributed by atoms with Crippen LogP contribution in [0.3, 0.4) is 0 Å². The van der Waals surface area contributed by atoms with Crippen molar-refractivity contribution >= 4 is 28.9 Å². The van der Waals surface area contributed by atoms with Gasteiger partial charge in [0.25, 0.3) is 0 Å². The van der Waals surface area contributed by atoms with E-state index in [-0.39, 0.29) is 29.9 Å². The van der Waals surface area contributed by atoms with Crippen molar-refractivity contribution in [3.63, 3.8) is 0 Å².